The van der Waals surface area contributed by atoms with E-state index >= 15 is 0 Å². The van der Waals surface area contributed by atoms with Crippen LogP contribution < -0.4 is 0 Å². The molecular formula is C9H14O2. The molecule has 2 heteroatoms. The molecular weight excluding hydrogens is 140 g/mol. The summed E-state index contributed by atoms with van der Waals surface area (Å²) in [5.41, 5.74) is 0.639. The third-order valence-corrected chi connectivity index (χ3v) is 1.44. The van der Waals surface area contributed by atoms with Gasteiger partial charge in [-0.05, 0) is 25.0 Å². The van der Waals surface area contributed by atoms with Crippen molar-refractivity contribution in [2.45, 2.75) is 33.6 Å². The largest absolute Gasteiger partial charge is 0.295 e. The van der Waals surface area contributed by atoms with Crippen LogP contribution in [0.4, 0.5) is 0 Å². The normalized spacial score (nSPS) is 11.4. The summed E-state index contributed by atoms with van der Waals surface area (Å²) in [6.07, 6.45) is 2.55. The predicted octanol–water partition coefficient (Wildman–Crippen LogP) is 1.89. The molecule has 0 aromatic heterocycles. The molecule has 0 radical (unpaired) electrons. The zero-order chi connectivity index (χ0) is 8.85. The van der Waals surface area contributed by atoms with E-state index in [0.29, 0.717) is 18.4 Å². The quantitative estimate of drug-likeness (QED) is 0.579. The molecule has 0 spiro atoms. The molecule has 0 rings (SSSR count). The fourth-order valence-electron chi connectivity index (χ4n) is 0.852. The first kappa shape index (κ1) is 10.1. The molecule has 0 aromatic rings. The molecule has 0 aliphatic heterocycles. The fourth-order valence-corrected chi connectivity index (χ4v) is 0.852. The van der Waals surface area contributed by atoms with Crippen molar-refractivity contribution in [2.75, 3.05) is 0 Å². The molecule has 0 atom stereocenters. The second-order valence-corrected chi connectivity index (χ2v) is 2.41. The van der Waals surface area contributed by atoms with Gasteiger partial charge in [-0.1, -0.05) is 13.8 Å². The standard InChI is InChI=1S/C9H14O2/c1-4-8(6-7(3)10)9(11)5-2/h6H,4-5H2,1-3H3/b8-6+. The van der Waals surface area contributed by atoms with Crippen LogP contribution in [0.5, 0.6) is 0 Å². The van der Waals surface area contributed by atoms with Crippen LogP contribution in [0, 0.1) is 0 Å². The maximum Gasteiger partial charge on any atom is 0.158 e. The van der Waals surface area contributed by atoms with Crippen LogP contribution in [0.3, 0.4) is 0 Å². The average molecular weight is 154 g/mol. The van der Waals surface area contributed by atoms with Crippen LogP contribution in [0.1, 0.15) is 33.6 Å². The molecule has 0 aliphatic rings. The number of rotatable bonds is 4. The van der Waals surface area contributed by atoms with Gasteiger partial charge in [0.05, 0.1) is 0 Å². The molecule has 62 valence electrons. The first-order valence-electron chi connectivity index (χ1n) is 3.86. The van der Waals surface area contributed by atoms with Gasteiger partial charge in [0, 0.05) is 6.42 Å². The lowest BCUT2D eigenvalue weighted by molar-refractivity contribution is -0.116. The topological polar surface area (TPSA) is 34.1 Å². The number of ketones is 2. The number of Topliss-reactive ketones (excluding diaryl/α,β-unsaturated/α-hetero) is 1. The summed E-state index contributed by atoms with van der Waals surface area (Å²) in [6.45, 7) is 5.13. The van der Waals surface area contributed by atoms with Crippen molar-refractivity contribution >= 4 is 11.6 Å². The second-order valence-electron chi connectivity index (χ2n) is 2.41. The van der Waals surface area contributed by atoms with Gasteiger partial charge in [0.15, 0.2) is 11.6 Å². The van der Waals surface area contributed by atoms with Crippen molar-refractivity contribution in [3.8, 4) is 0 Å². The van der Waals surface area contributed by atoms with E-state index in [1.54, 1.807) is 6.92 Å². The van der Waals surface area contributed by atoms with Crippen LogP contribution >= 0.6 is 0 Å². The molecule has 0 heterocycles. The Balaban J connectivity index is 4.39. The lowest BCUT2D eigenvalue weighted by Gasteiger charge is -1.98. The van der Waals surface area contributed by atoms with Crippen molar-refractivity contribution in [1.82, 2.24) is 0 Å². The summed E-state index contributed by atoms with van der Waals surface area (Å²) < 4.78 is 0. The Labute approximate surface area is 67.3 Å². The van der Waals surface area contributed by atoms with Gasteiger partial charge in [-0.2, -0.15) is 0 Å². The molecule has 0 fully saturated rings. The third kappa shape index (κ3) is 3.71. The highest BCUT2D eigenvalue weighted by Crippen LogP contribution is 2.04. The van der Waals surface area contributed by atoms with Gasteiger partial charge in [0.1, 0.15) is 0 Å². The molecule has 0 aromatic carbocycles. The third-order valence-electron chi connectivity index (χ3n) is 1.44. The van der Waals surface area contributed by atoms with Gasteiger partial charge in [-0.3, -0.25) is 9.59 Å². The maximum absolute atomic E-state index is 11.1. The Kier molecular flexibility index (Phi) is 4.42. The Hall–Kier alpha value is -0.920. The minimum atomic E-state index is -0.0522. The van der Waals surface area contributed by atoms with Gasteiger partial charge in [-0.25, -0.2) is 0 Å². The summed E-state index contributed by atoms with van der Waals surface area (Å²) >= 11 is 0. The number of allylic oxidation sites excluding steroid dienone is 2. The molecule has 0 N–H and O–H groups in total. The van der Waals surface area contributed by atoms with Crippen LogP contribution in [0.25, 0.3) is 0 Å². The highest BCUT2D eigenvalue weighted by molar-refractivity contribution is 6.01. The van der Waals surface area contributed by atoms with Crippen molar-refractivity contribution < 1.29 is 9.59 Å². The summed E-state index contributed by atoms with van der Waals surface area (Å²) in [6, 6.07) is 0. The minimum Gasteiger partial charge on any atom is -0.295 e. The number of hydrogen-bond donors (Lipinski definition) is 0. The van der Waals surface area contributed by atoms with E-state index in [1.807, 2.05) is 6.92 Å². The van der Waals surface area contributed by atoms with Crippen molar-refractivity contribution in [2.24, 2.45) is 0 Å². The zero-order valence-corrected chi connectivity index (χ0v) is 7.31. The number of hydrogen-bond acceptors (Lipinski definition) is 2. The molecule has 0 aliphatic carbocycles. The van der Waals surface area contributed by atoms with E-state index in [-0.39, 0.29) is 11.6 Å². The lowest BCUT2D eigenvalue weighted by Crippen LogP contribution is -2.01. The molecule has 2 nitrogen and oxygen atoms in total. The smallest absolute Gasteiger partial charge is 0.158 e. The second kappa shape index (κ2) is 4.83. The van der Waals surface area contributed by atoms with Crippen LogP contribution in [0.2, 0.25) is 0 Å². The first-order valence-corrected chi connectivity index (χ1v) is 3.86. The van der Waals surface area contributed by atoms with Crippen molar-refractivity contribution in [3.63, 3.8) is 0 Å². The Morgan fingerprint density at radius 2 is 1.73 bits per heavy atom. The maximum atomic E-state index is 11.1. The van der Waals surface area contributed by atoms with E-state index in [0.717, 1.165) is 0 Å². The van der Waals surface area contributed by atoms with Crippen LogP contribution in [-0.4, -0.2) is 11.6 Å². The fraction of sp³-hybridized carbons (Fsp3) is 0.556. The van der Waals surface area contributed by atoms with Crippen LogP contribution in [0.15, 0.2) is 11.6 Å². The summed E-state index contributed by atoms with van der Waals surface area (Å²) in [5, 5.41) is 0. The molecule has 0 bridgehead atoms. The van der Waals surface area contributed by atoms with Crippen LogP contribution in [-0.2, 0) is 9.59 Å². The van der Waals surface area contributed by atoms with Crippen molar-refractivity contribution in [3.05, 3.63) is 11.6 Å². The Morgan fingerprint density at radius 3 is 2.00 bits per heavy atom. The van der Waals surface area contributed by atoms with Gasteiger partial charge >= 0.3 is 0 Å². The van der Waals surface area contributed by atoms with Gasteiger partial charge in [-0.15, -0.1) is 0 Å². The molecule has 0 unspecified atom stereocenters. The minimum absolute atomic E-state index is 0.0522. The predicted molar refractivity (Wildman–Crippen MR) is 44.4 cm³/mol. The number of carbonyl (C=O) groups excluding carboxylic acids is 2. The van der Waals surface area contributed by atoms with Crippen molar-refractivity contribution in [1.29, 1.82) is 0 Å². The summed E-state index contributed by atoms with van der Waals surface area (Å²) in [5.74, 6) is 0.0198. The zero-order valence-electron chi connectivity index (χ0n) is 7.31. The van der Waals surface area contributed by atoms with E-state index in [4.69, 9.17) is 0 Å². The Morgan fingerprint density at radius 1 is 1.18 bits per heavy atom. The SMILES string of the molecule is CCC(=O)/C(=C/C(C)=O)CC. The number of carbonyl (C=O) groups is 2. The van der Waals surface area contributed by atoms with E-state index in [1.165, 1.54) is 13.0 Å². The van der Waals surface area contributed by atoms with E-state index in [9.17, 15) is 9.59 Å². The average Bonchev–Trinajstić information content (AvgIpc) is 1.98. The molecule has 0 saturated heterocycles. The van der Waals surface area contributed by atoms with Gasteiger partial charge < -0.3 is 0 Å². The first-order chi connectivity index (χ1) is 5.11. The molecule has 0 amide bonds. The van der Waals surface area contributed by atoms with Gasteiger partial charge in [0.25, 0.3) is 0 Å². The molecule has 0 saturated carbocycles. The highest BCUT2D eigenvalue weighted by Gasteiger charge is 2.04. The van der Waals surface area contributed by atoms with E-state index < -0.39 is 0 Å². The lowest BCUT2D eigenvalue weighted by atomic mass is 10.1. The monoisotopic (exact) mass is 154 g/mol. The molecule has 11 heavy (non-hydrogen) atoms. The van der Waals surface area contributed by atoms with Gasteiger partial charge in [0.2, 0.25) is 0 Å². The summed E-state index contributed by atoms with van der Waals surface area (Å²) in [4.78, 5) is 21.7. The summed E-state index contributed by atoms with van der Waals surface area (Å²) in [7, 11) is 0. The Bertz CT molecular complexity index is 190. The highest BCUT2D eigenvalue weighted by atomic mass is 16.1. The van der Waals surface area contributed by atoms with E-state index in [2.05, 4.69) is 0 Å².